The minimum Gasteiger partial charge on any atom is -0.465 e. The monoisotopic (exact) mass is 410 g/mol. The Morgan fingerprint density at radius 3 is 2.59 bits per heavy atom. The fourth-order valence-corrected chi connectivity index (χ4v) is 4.21. The molecule has 8 nitrogen and oxygen atoms in total. The van der Waals surface area contributed by atoms with Crippen LogP contribution >= 0.6 is 11.3 Å². The zero-order chi connectivity index (χ0) is 20.8. The van der Waals surface area contributed by atoms with Crippen molar-refractivity contribution in [1.82, 2.24) is 5.43 Å². The number of nitrogens with zero attached hydrogens (tertiary/aromatic N) is 2. The number of hydrogen-bond donors (Lipinski definition) is 2. The molecule has 0 fully saturated rings. The Morgan fingerprint density at radius 2 is 1.90 bits per heavy atom. The molecule has 29 heavy (non-hydrogen) atoms. The second-order valence-corrected chi connectivity index (χ2v) is 7.40. The summed E-state index contributed by atoms with van der Waals surface area (Å²) in [7, 11) is 1.29. The van der Waals surface area contributed by atoms with Gasteiger partial charge < -0.3 is 10.1 Å². The number of ether oxygens (including phenoxy) is 1. The molecule has 0 atom stereocenters. The molecule has 1 aromatic carbocycles. The number of carbonyl (C=O) groups excluding carboxylic acids is 3. The summed E-state index contributed by atoms with van der Waals surface area (Å²) >= 11 is 1.35. The second-order valence-electron chi connectivity index (χ2n) is 6.29. The van der Waals surface area contributed by atoms with E-state index in [9.17, 15) is 19.6 Å². The number of benzene rings is 1. The summed E-state index contributed by atoms with van der Waals surface area (Å²) < 4.78 is 4.61. The van der Waals surface area contributed by atoms with E-state index in [0.717, 1.165) is 36.1 Å². The standard InChI is InChI=1S/C20H18N4O4S/c1-28-20(27)13-8-6-12(7-9-13)11-22-24-18(26)17(25)23-19-15(10-21)14-4-2-3-5-16(14)29-19/h6-9,11H,2-5H2,1H3,(H,23,25)(H,24,26)/b22-11-. The van der Waals surface area contributed by atoms with Crippen LogP contribution in [0.15, 0.2) is 29.4 Å². The van der Waals surface area contributed by atoms with Crippen molar-refractivity contribution in [1.29, 1.82) is 5.26 Å². The van der Waals surface area contributed by atoms with Gasteiger partial charge in [0.25, 0.3) is 0 Å². The summed E-state index contributed by atoms with van der Waals surface area (Å²) in [5, 5.41) is 16.1. The lowest BCUT2D eigenvalue weighted by molar-refractivity contribution is -0.136. The number of esters is 1. The van der Waals surface area contributed by atoms with Gasteiger partial charge in [-0.05, 0) is 48.9 Å². The number of anilines is 1. The van der Waals surface area contributed by atoms with E-state index in [0.29, 0.717) is 21.7 Å². The molecule has 2 aromatic rings. The Morgan fingerprint density at radius 1 is 1.17 bits per heavy atom. The molecule has 0 unspecified atom stereocenters. The van der Waals surface area contributed by atoms with Gasteiger partial charge >= 0.3 is 17.8 Å². The Balaban J connectivity index is 1.59. The van der Waals surface area contributed by atoms with Crippen molar-refractivity contribution in [2.24, 2.45) is 5.10 Å². The van der Waals surface area contributed by atoms with Crippen molar-refractivity contribution in [3.05, 3.63) is 51.4 Å². The van der Waals surface area contributed by atoms with Crippen LogP contribution in [0.5, 0.6) is 0 Å². The fraction of sp³-hybridized carbons (Fsp3) is 0.250. The number of rotatable bonds is 4. The molecule has 1 aromatic heterocycles. The Labute approximate surface area is 171 Å². The minimum atomic E-state index is -0.942. The van der Waals surface area contributed by atoms with Gasteiger partial charge in [0.2, 0.25) is 0 Å². The van der Waals surface area contributed by atoms with E-state index in [2.05, 4.69) is 26.7 Å². The molecule has 0 spiro atoms. The van der Waals surface area contributed by atoms with E-state index in [4.69, 9.17) is 0 Å². The van der Waals surface area contributed by atoms with Crippen molar-refractivity contribution in [3.63, 3.8) is 0 Å². The molecule has 1 aliphatic carbocycles. The molecule has 0 aliphatic heterocycles. The maximum absolute atomic E-state index is 12.1. The average molecular weight is 410 g/mol. The molecule has 0 radical (unpaired) electrons. The largest absolute Gasteiger partial charge is 0.465 e. The predicted molar refractivity (Wildman–Crippen MR) is 108 cm³/mol. The lowest BCUT2D eigenvalue weighted by atomic mass is 9.96. The third kappa shape index (κ3) is 4.67. The molecule has 2 N–H and O–H groups in total. The SMILES string of the molecule is COC(=O)c1ccc(/C=N\NC(=O)C(=O)Nc2sc3c(c2C#N)CCCC3)cc1. The van der Waals surface area contributed by atoms with Gasteiger partial charge in [0.15, 0.2) is 0 Å². The number of amides is 2. The summed E-state index contributed by atoms with van der Waals surface area (Å²) in [6.45, 7) is 0. The van der Waals surface area contributed by atoms with Crippen LogP contribution in [0.3, 0.4) is 0 Å². The van der Waals surface area contributed by atoms with Crippen molar-refractivity contribution < 1.29 is 19.1 Å². The Kier molecular flexibility index (Phi) is 6.36. The van der Waals surface area contributed by atoms with Crippen LogP contribution in [0.2, 0.25) is 0 Å². The van der Waals surface area contributed by atoms with Gasteiger partial charge in [-0.3, -0.25) is 9.59 Å². The van der Waals surface area contributed by atoms with Gasteiger partial charge in [0, 0.05) is 4.88 Å². The summed E-state index contributed by atoms with van der Waals surface area (Å²) in [5.74, 6) is -2.29. The summed E-state index contributed by atoms with van der Waals surface area (Å²) in [5.41, 5.74) is 4.58. The summed E-state index contributed by atoms with van der Waals surface area (Å²) in [4.78, 5) is 36.6. The number of nitriles is 1. The lowest BCUT2D eigenvalue weighted by Gasteiger charge is -2.09. The van der Waals surface area contributed by atoms with Crippen LogP contribution in [0.1, 0.15) is 44.8 Å². The van der Waals surface area contributed by atoms with Gasteiger partial charge in [-0.15, -0.1) is 11.3 Å². The lowest BCUT2D eigenvalue weighted by Crippen LogP contribution is -2.32. The van der Waals surface area contributed by atoms with Gasteiger partial charge in [0.05, 0.1) is 24.5 Å². The van der Waals surface area contributed by atoms with Crippen LogP contribution in [0.25, 0.3) is 0 Å². The second kappa shape index (κ2) is 9.12. The van der Waals surface area contributed by atoms with E-state index in [1.165, 1.54) is 24.7 Å². The number of aryl methyl sites for hydroxylation is 1. The van der Waals surface area contributed by atoms with Crippen LogP contribution in [0, 0.1) is 11.3 Å². The quantitative estimate of drug-likeness (QED) is 0.347. The van der Waals surface area contributed by atoms with Crippen molar-refractivity contribution in [2.75, 3.05) is 12.4 Å². The first-order chi connectivity index (χ1) is 14.0. The van der Waals surface area contributed by atoms with Crippen molar-refractivity contribution in [3.8, 4) is 6.07 Å². The number of hydrazone groups is 1. The molecule has 0 saturated heterocycles. The molecule has 1 heterocycles. The molecule has 2 amide bonds. The first kappa shape index (κ1) is 20.2. The number of methoxy groups -OCH3 is 1. The van der Waals surface area contributed by atoms with Crippen LogP contribution in [0.4, 0.5) is 5.00 Å². The number of hydrogen-bond acceptors (Lipinski definition) is 7. The molecule has 0 saturated carbocycles. The highest BCUT2D eigenvalue weighted by Gasteiger charge is 2.23. The molecule has 1 aliphatic rings. The first-order valence-electron chi connectivity index (χ1n) is 8.91. The maximum Gasteiger partial charge on any atom is 0.337 e. The normalized spacial score (nSPS) is 12.7. The van der Waals surface area contributed by atoms with Gasteiger partial charge in [-0.2, -0.15) is 10.4 Å². The molecular formula is C20H18N4O4S. The minimum absolute atomic E-state index is 0.389. The topological polar surface area (TPSA) is 121 Å². The third-order valence-corrected chi connectivity index (χ3v) is 5.64. The van der Waals surface area contributed by atoms with Crippen LogP contribution in [-0.4, -0.2) is 31.1 Å². The molecular weight excluding hydrogens is 392 g/mol. The highest BCUT2D eigenvalue weighted by molar-refractivity contribution is 7.16. The number of thiophene rings is 1. The van der Waals surface area contributed by atoms with Crippen LogP contribution < -0.4 is 10.7 Å². The highest BCUT2D eigenvalue weighted by atomic mass is 32.1. The third-order valence-electron chi connectivity index (χ3n) is 4.43. The van der Waals surface area contributed by atoms with E-state index in [1.54, 1.807) is 24.3 Å². The fourth-order valence-electron chi connectivity index (χ4n) is 2.97. The van der Waals surface area contributed by atoms with E-state index in [-0.39, 0.29) is 0 Å². The van der Waals surface area contributed by atoms with Crippen LogP contribution in [-0.2, 0) is 27.2 Å². The van der Waals surface area contributed by atoms with Crippen molar-refractivity contribution in [2.45, 2.75) is 25.7 Å². The highest BCUT2D eigenvalue weighted by Crippen LogP contribution is 2.37. The zero-order valence-electron chi connectivity index (χ0n) is 15.7. The maximum atomic E-state index is 12.1. The number of nitrogens with one attached hydrogen (secondary N) is 2. The summed E-state index contributed by atoms with van der Waals surface area (Å²) in [6, 6.07) is 8.49. The average Bonchev–Trinajstić information content (AvgIpc) is 3.10. The van der Waals surface area contributed by atoms with Gasteiger partial charge in [0.1, 0.15) is 11.1 Å². The molecule has 3 rings (SSSR count). The van der Waals surface area contributed by atoms with E-state index in [1.807, 2.05) is 0 Å². The smallest absolute Gasteiger partial charge is 0.337 e. The summed E-state index contributed by atoms with van der Waals surface area (Å²) in [6.07, 6.45) is 5.12. The number of carbonyl (C=O) groups is 3. The number of fused-ring (bicyclic) bond motifs is 1. The predicted octanol–water partition coefficient (Wildman–Crippen LogP) is 2.37. The van der Waals surface area contributed by atoms with E-state index >= 15 is 0 Å². The van der Waals surface area contributed by atoms with Crippen molar-refractivity contribution >= 4 is 40.3 Å². The Bertz CT molecular complexity index is 1020. The zero-order valence-corrected chi connectivity index (χ0v) is 16.5. The Hall–Kier alpha value is -3.51. The van der Waals surface area contributed by atoms with Gasteiger partial charge in [-0.25, -0.2) is 10.2 Å². The first-order valence-corrected chi connectivity index (χ1v) is 9.72. The molecule has 148 valence electrons. The molecule has 9 heteroatoms. The van der Waals surface area contributed by atoms with Gasteiger partial charge in [-0.1, -0.05) is 12.1 Å². The van der Waals surface area contributed by atoms with E-state index < -0.39 is 17.8 Å². The molecule has 0 bridgehead atoms.